The Labute approximate surface area is 116 Å². The van der Waals surface area contributed by atoms with Crippen LogP contribution in [0.25, 0.3) is 0 Å². The first kappa shape index (κ1) is 15.4. The molecule has 5 nitrogen and oxygen atoms in total. The summed E-state index contributed by atoms with van der Waals surface area (Å²) in [5.74, 6) is -1.41. The summed E-state index contributed by atoms with van der Waals surface area (Å²) in [6.07, 6.45) is 5.81. The first-order valence-electron chi connectivity index (χ1n) is 6.17. The predicted octanol–water partition coefficient (Wildman–Crippen LogP) is 2.24. The Morgan fingerprint density at radius 3 is 2.95 bits per heavy atom. The molecule has 0 radical (unpaired) electrons. The number of rotatable bonds is 8. The lowest BCUT2D eigenvalue weighted by molar-refractivity contribution is -0.139. The molecule has 0 spiro atoms. The lowest BCUT2D eigenvalue weighted by Crippen LogP contribution is -2.40. The van der Waals surface area contributed by atoms with Crippen LogP contribution in [0.1, 0.15) is 40.9 Å². The number of carboxylic acid groups (broad SMARTS) is 1. The molecule has 0 saturated heterocycles. The number of aliphatic carboxylic acids is 1. The van der Waals surface area contributed by atoms with Gasteiger partial charge in [-0.05, 0) is 25.7 Å². The Bertz CT molecular complexity index is 456. The summed E-state index contributed by atoms with van der Waals surface area (Å²) < 4.78 is 0. The van der Waals surface area contributed by atoms with E-state index in [0.717, 1.165) is 17.8 Å². The summed E-state index contributed by atoms with van der Waals surface area (Å²) in [7, 11) is 0. The molecule has 1 heterocycles. The Kier molecular flexibility index (Phi) is 6.21. The van der Waals surface area contributed by atoms with Crippen LogP contribution < -0.4 is 5.32 Å². The smallest absolute Gasteiger partial charge is 0.326 e. The maximum atomic E-state index is 11.9. The molecule has 0 aromatic carbocycles. The molecule has 19 heavy (non-hydrogen) atoms. The van der Waals surface area contributed by atoms with Gasteiger partial charge in [0.15, 0.2) is 0 Å². The Morgan fingerprint density at radius 2 is 2.37 bits per heavy atom. The van der Waals surface area contributed by atoms with E-state index in [2.05, 4.69) is 16.9 Å². The van der Waals surface area contributed by atoms with Gasteiger partial charge in [-0.3, -0.25) is 4.79 Å². The summed E-state index contributed by atoms with van der Waals surface area (Å²) >= 11 is 1.31. The quantitative estimate of drug-likeness (QED) is 0.717. The number of amides is 1. The largest absolute Gasteiger partial charge is 0.480 e. The second-order valence-electron chi connectivity index (χ2n) is 4.10. The maximum absolute atomic E-state index is 11.9. The van der Waals surface area contributed by atoms with Gasteiger partial charge in [-0.25, -0.2) is 9.78 Å². The number of allylic oxidation sites excluding steroid dienone is 1. The van der Waals surface area contributed by atoms with Gasteiger partial charge in [-0.1, -0.05) is 13.0 Å². The van der Waals surface area contributed by atoms with Gasteiger partial charge in [0, 0.05) is 0 Å². The van der Waals surface area contributed by atoms with Gasteiger partial charge in [-0.2, -0.15) is 0 Å². The van der Waals surface area contributed by atoms with Crippen molar-refractivity contribution in [1.29, 1.82) is 0 Å². The van der Waals surface area contributed by atoms with E-state index < -0.39 is 12.0 Å². The standard InChI is InChI=1S/C13H18N2O3S/c1-3-5-7-9(13(17)18)15-12(16)10-8-14-11(19-10)6-4-2/h3,8-9H,1,4-7H2,2H3,(H,15,16)(H,17,18). The minimum absolute atomic E-state index is 0.338. The molecule has 1 rings (SSSR count). The SMILES string of the molecule is C=CCCC(NC(=O)c1cnc(CCC)s1)C(=O)O. The van der Waals surface area contributed by atoms with E-state index in [0.29, 0.717) is 17.7 Å². The Morgan fingerprint density at radius 1 is 1.63 bits per heavy atom. The number of carbonyl (C=O) groups excluding carboxylic acids is 1. The van der Waals surface area contributed by atoms with Crippen molar-refractivity contribution in [1.82, 2.24) is 10.3 Å². The molecular formula is C13H18N2O3S. The van der Waals surface area contributed by atoms with Gasteiger partial charge in [0.2, 0.25) is 0 Å². The van der Waals surface area contributed by atoms with Gasteiger partial charge in [0.25, 0.3) is 5.91 Å². The highest BCUT2D eigenvalue weighted by Crippen LogP contribution is 2.15. The van der Waals surface area contributed by atoms with Crippen LogP contribution in [0.3, 0.4) is 0 Å². The van der Waals surface area contributed by atoms with E-state index in [1.165, 1.54) is 17.5 Å². The van der Waals surface area contributed by atoms with E-state index in [1.807, 2.05) is 6.92 Å². The third-order valence-corrected chi connectivity index (χ3v) is 3.56. The van der Waals surface area contributed by atoms with E-state index in [4.69, 9.17) is 5.11 Å². The Hall–Kier alpha value is -1.69. The molecule has 6 heteroatoms. The van der Waals surface area contributed by atoms with Crippen LogP contribution in [-0.2, 0) is 11.2 Å². The van der Waals surface area contributed by atoms with E-state index in [9.17, 15) is 9.59 Å². The molecule has 0 aliphatic carbocycles. The van der Waals surface area contributed by atoms with Crippen molar-refractivity contribution in [2.75, 3.05) is 0 Å². The van der Waals surface area contributed by atoms with Crippen molar-refractivity contribution < 1.29 is 14.7 Å². The van der Waals surface area contributed by atoms with E-state index >= 15 is 0 Å². The zero-order valence-corrected chi connectivity index (χ0v) is 11.7. The lowest BCUT2D eigenvalue weighted by Gasteiger charge is -2.12. The highest BCUT2D eigenvalue weighted by Gasteiger charge is 2.20. The van der Waals surface area contributed by atoms with Crippen molar-refractivity contribution in [3.8, 4) is 0 Å². The number of nitrogens with one attached hydrogen (secondary N) is 1. The molecule has 1 aromatic rings. The van der Waals surface area contributed by atoms with Crippen molar-refractivity contribution in [2.45, 2.75) is 38.6 Å². The molecule has 1 aromatic heterocycles. The molecule has 0 bridgehead atoms. The maximum Gasteiger partial charge on any atom is 0.326 e. The summed E-state index contributed by atoms with van der Waals surface area (Å²) in [5, 5.41) is 12.4. The van der Waals surface area contributed by atoms with Gasteiger partial charge in [-0.15, -0.1) is 17.9 Å². The lowest BCUT2D eigenvalue weighted by atomic mass is 10.1. The number of carboxylic acids is 1. The van der Waals surface area contributed by atoms with Crippen molar-refractivity contribution in [2.24, 2.45) is 0 Å². The van der Waals surface area contributed by atoms with Crippen molar-refractivity contribution in [3.63, 3.8) is 0 Å². The van der Waals surface area contributed by atoms with Crippen LogP contribution in [0.5, 0.6) is 0 Å². The molecule has 1 amide bonds. The average molecular weight is 282 g/mol. The highest BCUT2D eigenvalue weighted by atomic mass is 32.1. The highest BCUT2D eigenvalue weighted by molar-refractivity contribution is 7.13. The molecule has 0 fully saturated rings. The fourth-order valence-corrected chi connectivity index (χ4v) is 2.44. The number of thiazole rings is 1. The van der Waals surface area contributed by atoms with Gasteiger partial charge in [0.05, 0.1) is 11.2 Å². The van der Waals surface area contributed by atoms with Crippen LogP contribution >= 0.6 is 11.3 Å². The zero-order chi connectivity index (χ0) is 14.3. The minimum atomic E-state index is -1.03. The Balaban J connectivity index is 2.64. The summed E-state index contributed by atoms with van der Waals surface area (Å²) in [6, 6.07) is -0.887. The van der Waals surface area contributed by atoms with Crippen LogP contribution in [0.4, 0.5) is 0 Å². The third kappa shape index (κ3) is 4.82. The van der Waals surface area contributed by atoms with E-state index in [-0.39, 0.29) is 5.91 Å². The fraction of sp³-hybridized carbons (Fsp3) is 0.462. The number of aryl methyl sites for hydroxylation is 1. The minimum Gasteiger partial charge on any atom is -0.480 e. The van der Waals surface area contributed by atoms with Crippen LogP contribution in [0, 0.1) is 0 Å². The number of aromatic nitrogens is 1. The summed E-state index contributed by atoms with van der Waals surface area (Å²) in [5.41, 5.74) is 0. The number of hydrogen-bond donors (Lipinski definition) is 2. The fourth-order valence-electron chi connectivity index (χ4n) is 1.52. The van der Waals surface area contributed by atoms with Crippen LogP contribution in [0.2, 0.25) is 0 Å². The topological polar surface area (TPSA) is 79.3 Å². The summed E-state index contributed by atoms with van der Waals surface area (Å²) in [6.45, 7) is 5.58. The monoisotopic (exact) mass is 282 g/mol. The molecule has 0 saturated carbocycles. The first-order chi connectivity index (χ1) is 9.08. The van der Waals surface area contributed by atoms with Crippen LogP contribution in [0.15, 0.2) is 18.9 Å². The third-order valence-electron chi connectivity index (χ3n) is 2.50. The molecular weight excluding hydrogens is 264 g/mol. The van der Waals surface area contributed by atoms with Crippen molar-refractivity contribution in [3.05, 3.63) is 28.7 Å². The number of hydrogen-bond acceptors (Lipinski definition) is 4. The van der Waals surface area contributed by atoms with Crippen molar-refractivity contribution >= 4 is 23.2 Å². The normalized spacial score (nSPS) is 11.8. The second kappa shape index (κ2) is 7.68. The number of carbonyl (C=O) groups is 2. The van der Waals surface area contributed by atoms with Gasteiger partial charge < -0.3 is 10.4 Å². The molecule has 1 unspecified atom stereocenters. The van der Waals surface area contributed by atoms with Crippen LogP contribution in [-0.4, -0.2) is 28.0 Å². The average Bonchev–Trinajstić information content (AvgIpc) is 2.83. The second-order valence-corrected chi connectivity index (χ2v) is 5.21. The molecule has 0 aliphatic rings. The number of nitrogens with zero attached hydrogens (tertiary/aromatic N) is 1. The molecule has 2 N–H and O–H groups in total. The molecule has 104 valence electrons. The molecule has 1 atom stereocenters. The predicted molar refractivity (Wildman–Crippen MR) is 74.4 cm³/mol. The van der Waals surface area contributed by atoms with Gasteiger partial charge >= 0.3 is 5.97 Å². The zero-order valence-electron chi connectivity index (χ0n) is 10.9. The van der Waals surface area contributed by atoms with E-state index in [1.54, 1.807) is 6.08 Å². The molecule has 0 aliphatic heterocycles. The first-order valence-corrected chi connectivity index (χ1v) is 6.99. The van der Waals surface area contributed by atoms with Gasteiger partial charge in [0.1, 0.15) is 10.9 Å². The summed E-state index contributed by atoms with van der Waals surface area (Å²) in [4.78, 5) is 27.5.